The monoisotopic (exact) mass is 265 g/mol. The van der Waals surface area contributed by atoms with Crippen LogP contribution in [0.3, 0.4) is 0 Å². The van der Waals surface area contributed by atoms with Crippen molar-refractivity contribution in [2.75, 3.05) is 0 Å². The molecule has 19 heavy (non-hydrogen) atoms. The van der Waals surface area contributed by atoms with Gasteiger partial charge in [-0.1, -0.05) is 24.9 Å². The van der Waals surface area contributed by atoms with E-state index in [0.717, 1.165) is 25.7 Å². The predicted octanol–water partition coefficient (Wildman–Crippen LogP) is 2.32. The Morgan fingerprint density at radius 1 is 1.16 bits per heavy atom. The Hall–Kier alpha value is -0.940. The van der Waals surface area contributed by atoms with Crippen LogP contribution in [0.4, 0.5) is 0 Å². The molecule has 0 spiro atoms. The molecule has 1 saturated carbocycles. The third-order valence-electron chi connectivity index (χ3n) is 4.91. The predicted molar refractivity (Wildman–Crippen MR) is 70.5 cm³/mol. The fourth-order valence-electron chi connectivity index (χ4n) is 3.49. The molecule has 1 aliphatic heterocycles. The van der Waals surface area contributed by atoms with Gasteiger partial charge in [-0.2, -0.15) is 4.98 Å². The number of aromatic nitrogens is 2. The first-order chi connectivity index (χ1) is 9.01. The zero-order valence-electron chi connectivity index (χ0n) is 11.9. The minimum Gasteiger partial charge on any atom is -0.374 e. The summed E-state index contributed by atoms with van der Waals surface area (Å²) in [7, 11) is 0. The van der Waals surface area contributed by atoms with E-state index in [1.165, 1.54) is 0 Å². The molecular formula is C14H23N3O2. The van der Waals surface area contributed by atoms with E-state index >= 15 is 0 Å². The van der Waals surface area contributed by atoms with E-state index in [2.05, 4.69) is 30.9 Å². The van der Waals surface area contributed by atoms with Crippen LogP contribution in [0.1, 0.15) is 64.1 Å². The van der Waals surface area contributed by atoms with Crippen LogP contribution in [-0.4, -0.2) is 22.3 Å². The average molecular weight is 265 g/mol. The molecule has 2 aliphatic rings. The lowest BCUT2D eigenvalue weighted by molar-refractivity contribution is 0.0542. The smallest absolute Gasteiger partial charge is 0.232 e. The van der Waals surface area contributed by atoms with Crippen molar-refractivity contribution in [1.82, 2.24) is 10.1 Å². The van der Waals surface area contributed by atoms with Crippen LogP contribution in [0.25, 0.3) is 0 Å². The summed E-state index contributed by atoms with van der Waals surface area (Å²) < 4.78 is 11.3. The molecule has 5 heteroatoms. The highest BCUT2D eigenvalue weighted by Crippen LogP contribution is 2.40. The van der Waals surface area contributed by atoms with Crippen molar-refractivity contribution in [2.24, 2.45) is 11.7 Å². The topological polar surface area (TPSA) is 74.2 Å². The number of ether oxygens (including phenoxy) is 1. The molecule has 4 atom stereocenters. The summed E-state index contributed by atoms with van der Waals surface area (Å²) in [5.74, 6) is 1.94. The molecule has 1 saturated heterocycles. The van der Waals surface area contributed by atoms with Crippen LogP contribution in [0.5, 0.6) is 0 Å². The second kappa shape index (κ2) is 4.56. The van der Waals surface area contributed by atoms with Gasteiger partial charge >= 0.3 is 0 Å². The SMILES string of the molecule is CC1OC(C)C(c2nc(C3(N)CCCC3)no2)C1C. The standard InChI is InChI=1S/C14H23N3O2/c1-8-9(2)18-10(3)11(8)12-16-13(17-19-12)14(15)6-4-5-7-14/h8-11H,4-7,15H2,1-3H3. The quantitative estimate of drug-likeness (QED) is 0.888. The zero-order valence-corrected chi connectivity index (χ0v) is 11.9. The maximum atomic E-state index is 6.37. The molecule has 2 fully saturated rings. The fourth-order valence-corrected chi connectivity index (χ4v) is 3.49. The van der Waals surface area contributed by atoms with E-state index in [4.69, 9.17) is 15.0 Å². The molecule has 2 heterocycles. The van der Waals surface area contributed by atoms with Gasteiger partial charge in [-0.3, -0.25) is 0 Å². The summed E-state index contributed by atoms with van der Waals surface area (Å²) in [6.45, 7) is 6.35. The Morgan fingerprint density at radius 3 is 2.42 bits per heavy atom. The summed E-state index contributed by atoms with van der Waals surface area (Å²) in [4.78, 5) is 4.60. The highest BCUT2D eigenvalue weighted by Gasteiger charge is 2.43. The summed E-state index contributed by atoms with van der Waals surface area (Å²) in [6.07, 6.45) is 4.56. The first kappa shape index (κ1) is 13.1. The lowest BCUT2D eigenvalue weighted by Gasteiger charge is -2.18. The molecule has 0 aromatic carbocycles. The van der Waals surface area contributed by atoms with Crippen LogP contribution < -0.4 is 5.73 Å². The second-order valence-electron chi connectivity index (χ2n) is 6.25. The molecule has 106 valence electrons. The van der Waals surface area contributed by atoms with E-state index in [9.17, 15) is 0 Å². The number of nitrogens with two attached hydrogens (primary N) is 1. The minimum absolute atomic E-state index is 0.121. The molecule has 1 aromatic rings. The van der Waals surface area contributed by atoms with Gasteiger partial charge in [-0.05, 0) is 32.6 Å². The molecule has 3 rings (SSSR count). The molecule has 0 radical (unpaired) electrons. The molecule has 0 amide bonds. The van der Waals surface area contributed by atoms with E-state index in [-0.39, 0.29) is 23.7 Å². The van der Waals surface area contributed by atoms with Gasteiger partial charge in [-0.25, -0.2) is 0 Å². The van der Waals surface area contributed by atoms with Crippen molar-refractivity contribution in [2.45, 2.75) is 70.1 Å². The van der Waals surface area contributed by atoms with Crippen LogP contribution in [0, 0.1) is 5.92 Å². The van der Waals surface area contributed by atoms with Crippen molar-refractivity contribution in [3.05, 3.63) is 11.7 Å². The maximum absolute atomic E-state index is 6.37. The summed E-state index contributed by atoms with van der Waals surface area (Å²) in [6, 6.07) is 0. The molecule has 0 bridgehead atoms. The van der Waals surface area contributed by atoms with Crippen molar-refractivity contribution >= 4 is 0 Å². The normalized spacial score (nSPS) is 37.9. The lowest BCUT2D eigenvalue weighted by atomic mass is 9.89. The Labute approximate surface area is 113 Å². The van der Waals surface area contributed by atoms with Crippen molar-refractivity contribution in [3.63, 3.8) is 0 Å². The van der Waals surface area contributed by atoms with Crippen LogP contribution >= 0.6 is 0 Å². The molecule has 5 nitrogen and oxygen atoms in total. The number of rotatable bonds is 2. The highest BCUT2D eigenvalue weighted by molar-refractivity contribution is 5.10. The van der Waals surface area contributed by atoms with Gasteiger partial charge in [0.05, 0.1) is 23.7 Å². The van der Waals surface area contributed by atoms with E-state index in [0.29, 0.717) is 17.6 Å². The van der Waals surface area contributed by atoms with E-state index in [1.807, 2.05) is 0 Å². The third kappa shape index (κ3) is 2.09. The zero-order chi connectivity index (χ0) is 13.6. The Balaban J connectivity index is 1.85. The third-order valence-corrected chi connectivity index (χ3v) is 4.91. The largest absolute Gasteiger partial charge is 0.374 e. The minimum atomic E-state index is -0.376. The summed E-state index contributed by atoms with van der Waals surface area (Å²) in [5.41, 5.74) is 6.00. The Morgan fingerprint density at radius 2 is 1.84 bits per heavy atom. The molecule has 4 unspecified atom stereocenters. The van der Waals surface area contributed by atoms with Crippen molar-refractivity contribution in [1.29, 1.82) is 0 Å². The Bertz CT molecular complexity index is 453. The van der Waals surface area contributed by atoms with Gasteiger partial charge in [-0.15, -0.1) is 0 Å². The Kier molecular flexibility index (Phi) is 3.14. The lowest BCUT2D eigenvalue weighted by Crippen LogP contribution is -2.34. The summed E-state index contributed by atoms with van der Waals surface area (Å²) in [5, 5.41) is 4.14. The fraction of sp³-hybridized carbons (Fsp3) is 0.857. The van der Waals surface area contributed by atoms with E-state index < -0.39 is 0 Å². The average Bonchev–Trinajstić information content (AvgIpc) is 3.03. The number of hydrogen-bond donors (Lipinski definition) is 1. The van der Waals surface area contributed by atoms with Crippen LogP contribution in [-0.2, 0) is 10.3 Å². The van der Waals surface area contributed by atoms with Gasteiger partial charge in [0.2, 0.25) is 5.89 Å². The second-order valence-corrected chi connectivity index (χ2v) is 6.25. The van der Waals surface area contributed by atoms with Crippen molar-refractivity contribution in [3.8, 4) is 0 Å². The van der Waals surface area contributed by atoms with Gasteiger partial charge in [0.15, 0.2) is 5.82 Å². The van der Waals surface area contributed by atoms with Gasteiger partial charge in [0.1, 0.15) is 0 Å². The summed E-state index contributed by atoms with van der Waals surface area (Å²) >= 11 is 0. The van der Waals surface area contributed by atoms with Gasteiger partial charge in [0.25, 0.3) is 0 Å². The van der Waals surface area contributed by atoms with E-state index in [1.54, 1.807) is 0 Å². The molecule has 1 aromatic heterocycles. The van der Waals surface area contributed by atoms with Crippen LogP contribution in [0.15, 0.2) is 4.52 Å². The van der Waals surface area contributed by atoms with Gasteiger partial charge < -0.3 is 15.0 Å². The first-order valence-electron chi connectivity index (χ1n) is 7.30. The number of nitrogens with zero attached hydrogens (tertiary/aromatic N) is 2. The molecular weight excluding hydrogens is 242 g/mol. The van der Waals surface area contributed by atoms with Crippen molar-refractivity contribution < 1.29 is 9.26 Å². The highest BCUT2D eigenvalue weighted by atomic mass is 16.5. The molecule has 2 N–H and O–H groups in total. The van der Waals surface area contributed by atoms with Gasteiger partial charge in [0, 0.05) is 0 Å². The first-order valence-corrected chi connectivity index (χ1v) is 7.30. The molecule has 1 aliphatic carbocycles. The number of hydrogen-bond acceptors (Lipinski definition) is 5. The maximum Gasteiger partial charge on any atom is 0.232 e. The van der Waals surface area contributed by atoms with Crippen LogP contribution in [0.2, 0.25) is 0 Å².